The fourth-order valence-electron chi connectivity index (χ4n) is 4.95. The third kappa shape index (κ3) is 4.20. The molecule has 1 aromatic carbocycles. The molecule has 1 saturated carbocycles. The standard InChI is InChI=1S/C23H25F2N3O2/c24-18-10-16(11-19(25)12-18)13-27-21(29)20-14-28(15-23(20)6-2-1-3-7-23)22(30)17-4-8-26-9-5-17/h4-5,8-12,20H,1-3,6-7,13-15H2,(H,27,29)/t20-/m1/s1. The van der Waals surface area contributed by atoms with E-state index >= 15 is 0 Å². The van der Waals surface area contributed by atoms with Crippen molar-refractivity contribution in [1.29, 1.82) is 0 Å². The third-order valence-corrected chi connectivity index (χ3v) is 6.42. The largest absolute Gasteiger partial charge is 0.352 e. The van der Waals surface area contributed by atoms with Crippen LogP contribution in [0.15, 0.2) is 42.7 Å². The summed E-state index contributed by atoms with van der Waals surface area (Å²) in [6.07, 6.45) is 8.19. The lowest BCUT2D eigenvalue weighted by atomic mass is 9.67. The smallest absolute Gasteiger partial charge is 0.254 e. The van der Waals surface area contributed by atoms with Gasteiger partial charge in [0.15, 0.2) is 0 Å². The Balaban J connectivity index is 1.50. The topological polar surface area (TPSA) is 62.3 Å². The molecule has 0 radical (unpaired) electrons. The minimum Gasteiger partial charge on any atom is -0.352 e. The molecule has 30 heavy (non-hydrogen) atoms. The Kier molecular flexibility index (Phi) is 5.79. The fourth-order valence-corrected chi connectivity index (χ4v) is 4.95. The molecule has 7 heteroatoms. The van der Waals surface area contributed by atoms with Gasteiger partial charge in [-0.05, 0) is 42.7 Å². The minimum absolute atomic E-state index is 0.0540. The number of halogens is 2. The quantitative estimate of drug-likeness (QED) is 0.832. The van der Waals surface area contributed by atoms with Crippen LogP contribution in [0.5, 0.6) is 0 Å². The molecule has 4 rings (SSSR count). The lowest BCUT2D eigenvalue weighted by Gasteiger charge is -2.37. The van der Waals surface area contributed by atoms with Gasteiger partial charge < -0.3 is 10.2 Å². The predicted octanol–water partition coefficient (Wildman–Crippen LogP) is 3.70. The number of hydrogen-bond donors (Lipinski definition) is 1. The van der Waals surface area contributed by atoms with Gasteiger partial charge in [0.25, 0.3) is 5.91 Å². The van der Waals surface area contributed by atoms with Gasteiger partial charge in [0.1, 0.15) is 11.6 Å². The van der Waals surface area contributed by atoms with Crippen molar-refractivity contribution in [2.24, 2.45) is 11.3 Å². The Morgan fingerprint density at radius 1 is 1.07 bits per heavy atom. The number of aromatic nitrogens is 1. The van der Waals surface area contributed by atoms with Gasteiger partial charge in [-0.2, -0.15) is 0 Å². The molecule has 1 atom stereocenters. The second-order valence-corrected chi connectivity index (χ2v) is 8.39. The van der Waals surface area contributed by atoms with E-state index in [0.29, 0.717) is 24.2 Å². The van der Waals surface area contributed by atoms with Crippen LogP contribution in [0, 0.1) is 23.0 Å². The van der Waals surface area contributed by atoms with Gasteiger partial charge in [-0.3, -0.25) is 14.6 Å². The lowest BCUT2D eigenvalue weighted by Crippen LogP contribution is -2.42. The van der Waals surface area contributed by atoms with Gasteiger partial charge in [-0.15, -0.1) is 0 Å². The van der Waals surface area contributed by atoms with E-state index in [1.54, 1.807) is 29.4 Å². The van der Waals surface area contributed by atoms with Crippen LogP contribution in [-0.4, -0.2) is 34.8 Å². The summed E-state index contributed by atoms with van der Waals surface area (Å²) in [6.45, 7) is 0.962. The van der Waals surface area contributed by atoms with Crippen molar-refractivity contribution in [1.82, 2.24) is 15.2 Å². The van der Waals surface area contributed by atoms with Gasteiger partial charge in [0.2, 0.25) is 5.91 Å². The maximum absolute atomic E-state index is 13.4. The van der Waals surface area contributed by atoms with Gasteiger partial charge in [0, 0.05) is 49.1 Å². The highest BCUT2D eigenvalue weighted by Gasteiger charge is 2.51. The number of nitrogens with zero attached hydrogens (tertiary/aromatic N) is 2. The number of hydrogen-bond acceptors (Lipinski definition) is 3. The Hall–Kier alpha value is -2.83. The van der Waals surface area contributed by atoms with Gasteiger partial charge >= 0.3 is 0 Å². The van der Waals surface area contributed by atoms with Crippen molar-refractivity contribution < 1.29 is 18.4 Å². The van der Waals surface area contributed by atoms with Crippen molar-refractivity contribution in [3.8, 4) is 0 Å². The van der Waals surface area contributed by atoms with Crippen molar-refractivity contribution >= 4 is 11.8 Å². The first-order valence-corrected chi connectivity index (χ1v) is 10.4. The molecule has 1 saturated heterocycles. The van der Waals surface area contributed by atoms with Gasteiger partial charge in [-0.25, -0.2) is 8.78 Å². The number of rotatable bonds is 4. The lowest BCUT2D eigenvalue weighted by molar-refractivity contribution is -0.128. The van der Waals surface area contributed by atoms with E-state index in [2.05, 4.69) is 10.3 Å². The first-order chi connectivity index (χ1) is 14.5. The van der Waals surface area contributed by atoms with Crippen molar-refractivity contribution in [3.63, 3.8) is 0 Å². The zero-order valence-electron chi connectivity index (χ0n) is 16.7. The second-order valence-electron chi connectivity index (χ2n) is 8.39. The summed E-state index contributed by atoms with van der Waals surface area (Å²) < 4.78 is 26.9. The second kappa shape index (κ2) is 8.50. The number of likely N-dealkylation sites (tertiary alicyclic amines) is 1. The van der Waals surface area contributed by atoms with Crippen LogP contribution in [0.3, 0.4) is 0 Å². The maximum Gasteiger partial charge on any atom is 0.254 e. The summed E-state index contributed by atoms with van der Waals surface area (Å²) in [4.78, 5) is 31.8. The van der Waals surface area contributed by atoms with Crippen molar-refractivity contribution in [3.05, 3.63) is 65.5 Å². The SMILES string of the molecule is O=C(NCc1cc(F)cc(F)c1)[C@H]1CN(C(=O)c2ccncc2)CC12CCCCC2. The Labute approximate surface area is 174 Å². The summed E-state index contributed by atoms with van der Waals surface area (Å²) >= 11 is 0. The molecule has 1 aliphatic heterocycles. The normalized spacial score (nSPS) is 20.3. The van der Waals surface area contributed by atoms with Crippen LogP contribution >= 0.6 is 0 Å². The molecule has 0 bridgehead atoms. The summed E-state index contributed by atoms with van der Waals surface area (Å²) in [5.74, 6) is -1.92. The fraction of sp³-hybridized carbons (Fsp3) is 0.435. The first-order valence-electron chi connectivity index (χ1n) is 10.4. The molecular formula is C23H25F2N3O2. The molecule has 1 N–H and O–H groups in total. The molecule has 2 heterocycles. The Morgan fingerprint density at radius 2 is 1.73 bits per heavy atom. The molecule has 1 spiro atoms. The van der Waals surface area contributed by atoms with E-state index in [1.807, 2.05) is 0 Å². The van der Waals surface area contributed by atoms with Gasteiger partial charge in [-0.1, -0.05) is 19.3 Å². The number of amides is 2. The van der Waals surface area contributed by atoms with Crippen LogP contribution in [-0.2, 0) is 11.3 Å². The van der Waals surface area contributed by atoms with E-state index in [4.69, 9.17) is 0 Å². The van der Waals surface area contributed by atoms with Crippen LogP contribution in [0.4, 0.5) is 8.78 Å². The zero-order chi connectivity index (χ0) is 21.1. The molecule has 158 valence electrons. The maximum atomic E-state index is 13.4. The number of carbonyl (C=O) groups excluding carboxylic acids is 2. The first kappa shape index (κ1) is 20.4. The molecule has 2 amide bonds. The van der Waals surface area contributed by atoms with Crippen LogP contribution in [0.25, 0.3) is 0 Å². The summed E-state index contributed by atoms with van der Waals surface area (Å²) in [6, 6.07) is 6.60. The molecule has 5 nitrogen and oxygen atoms in total. The van der Waals surface area contributed by atoms with Crippen molar-refractivity contribution in [2.45, 2.75) is 38.6 Å². The van der Waals surface area contributed by atoms with Crippen LogP contribution < -0.4 is 5.32 Å². The number of benzene rings is 1. The van der Waals surface area contributed by atoms with Gasteiger partial charge in [0.05, 0.1) is 5.92 Å². The van der Waals surface area contributed by atoms with E-state index in [-0.39, 0.29) is 29.7 Å². The van der Waals surface area contributed by atoms with Crippen LogP contribution in [0.1, 0.15) is 48.0 Å². The summed E-state index contributed by atoms with van der Waals surface area (Å²) in [7, 11) is 0. The molecule has 2 fully saturated rings. The van der Waals surface area contributed by atoms with E-state index in [9.17, 15) is 18.4 Å². The number of pyridine rings is 1. The predicted molar refractivity (Wildman–Crippen MR) is 107 cm³/mol. The summed E-state index contributed by atoms with van der Waals surface area (Å²) in [5.41, 5.74) is 0.701. The third-order valence-electron chi connectivity index (χ3n) is 6.42. The van der Waals surface area contributed by atoms with Crippen LogP contribution in [0.2, 0.25) is 0 Å². The molecule has 2 aromatic rings. The average molecular weight is 413 g/mol. The highest BCUT2D eigenvalue weighted by molar-refractivity contribution is 5.95. The van der Waals surface area contributed by atoms with Crippen molar-refractivity contribution in [2.75, 3.05) is 13.1 Å². The summed E-state index contributed by atoms with van der Waals surface area (Å²) in [5, 5.41) is 2.85. The molecular weight excluding hydrogens is 388 g/mol. The Morgan fingerprint density at radius 3 is 2.40 bits per heavy atom. The molecule has 1 aliphatic carbocycles. The zero-order valence-corrected chi connectivity index (χ0v) is 16.7. The Bertz CT molecular complexity index is 909. The highest BCUT2D eigenvalue weighted by Crippen LogP contribution is 2.48. The highest BCUT2D eigenvalue weighted by atomic mass is 19.1. The van der Waals surface area contributed by atoms with E-state index in [1.165, 1.54) is 12.1 Å². The minimum atomic E-state index is -0.669. The monoisotopic (exact) mass is 413 g/mol. The molecule has 0 unspecified atom stereocenters. The average Bonchev–Trinajstić information content (AvgIpc) is 3.10. The number of carbonyl (C=O) groups is 2. The molecule has 2 aliphatic rings. The van der Waals surface area contributed by atoms with E-state index < -0.39 is 11.6 Å². The van der Waals surface area contributed by atoms with E-state index in [0.717, 1.165) is 38.2 Å². The number of nitrogens with one attached hydrogen (secondary N) is 1. The molecule has 1 aromatic heterocycles.